The minimum Gasteiger partial charge on any atom is -0.481 e. The van der Waals surface area contributed by atoms with E-state index in [4.69, 9.17) is 21.8 Å². The second-order valence-electron chi connectivity index (χ2n) is 6.32. The molecule has 0 spiro atoms. The molecule has 3 N–H and O–H groups in total. The molecule has 0 heterocycles. The van der Waals surface area contributed by atoms with Crippen LogP contribution in [-0.2, 0) is 20.8 Å². The Balaban J connectivity index is 2.08. The summed E-state index contributed by atoms with van der Waals surface area (Å²) >= 11 is 5.87. The second-order valence-corrected chi connectivity index (χ2v) is 6.75. The van der Waals surface area contributed by atoms with E-state index in [2.05, 4.69) is 5.32 Å². The smallest absolute Gasteiger partial charge is 0.305 e. The van der Waals surface area contributed by atoms with E-state index < -0.39 is 29.7 Å². The van der Waals surface area contributed by atoms with E-state index in [1.807, 2.05) is 0 Å². The lowest BCUT2D eigenvalue weighted by atomic mass is 9.99. The zero-order valence-electron chi connectivity index (χ0n) is 14.8. The predicted molar refractivity (Wildman–Crippen MR) is 102 cm³/mol. The summed E-state index contributed by atoms with van der Waals surface area (Å²) in [4.78, 5) is 33.4. The number of carboxylic acids is 2. The lowest BCUT2D eigenvalue weighted by molar-refractivity contribution is -0.140. The van der Waals surface area contributed by atoms with Gasteiger partial charge in [-0.05, 0) is 41.3 Å². The Morgan fingerprint density at radius 1 is 0.964 bits per heavy atom. The van der Waals surface area contributed by atoms with Crippen LogP contribution in [0.4, 0.5) is 4.39 Å². The SMILES string of the molecule is O=C(O)CCC(=O)N[C@@H](CC(=O)O)Cc1ccc(-c2cc(F)cc(Cl)c2)cc1. The number of hydrogen-bond donors (Lipinski definition) is 3. The highest BCUT2D eigenvalue weighted by molar-refractivity contribution is 6.30. The van der Waals surface area contributed by atoms with Gasteiger partial charge in [-0.1, -0.05) is 35.9 Å². The van der Waals surface area contributed by atoms with Gasteiger partial charge in [-0.15, -0.1) is 0 Å². The van der Waals surface area contributed by atoms with Gasteiger partial charge in [-0.3, -0.25) is 14.4 Å². The van der Waals surface area contributed by atoms with Crippen molar-refractivity contribution >= 4 is 29.4 Å². The average molecular weight is 408 g/mol. The van der Waals surface area contributed by atoms with Gasteiger partial charge in [0, 0.05) is 17.5 Å². The molecule has 0 aliphatic rings. The summed E-state index contributed by atoms with van der Waals surface area (Å²) in [5.74, 6) is -3.13. The number of nitrogens with one attached hydrogen (secondary N) is 1. The van der Waals surface area contributed by atoms with Gasteiger partial charge in [0.25, 0.3) is 0 Å². The standard InChI is InChI=1S/C20H19ClFNO5/c21-15-8-14(9-16(22)10-15)13-3-1-12(2-4-13)7-17(11-20(27)28)23-18(24)5-6-19(25)26/h1-4,8-10,17H,5-7,11H2,(H,23,24)(H,25,26)(H,27,28)/t17-/m1/s1. The van der Waals surface area contributed by atoms with Crippen LogP contribution >= 0.6 is 11.6 Å². The molecule has 6 nitrogen and oxygen atoms in total. The van der Waals surface area contributed by atoms with Crippen molar-refractivity contribution in [3.8, 4) is 11.1 Å². The summed E-state index contributed by atoms with van der Waals surface area (Å²) in [5.41, 5.74) is 2.13. The normalized spacial score (nSPS) is 11.6. The van der Waals surface area contributed by atoms with Gasteiger partial charge in [0.1, 0.15) is 5.82 Å². The first-order chi connectivity index (χ1) is 13.2. The minimum atomic E-state index is -1.10. The fraction of sp³-hybridized carbons (Fsp3) is 0.250. The highest BCUT2D eigenvalue weighted by Crippen LogP contribution is 2.25. The maximum absolute atomic E-state index is 13.5. The maximum atomic E-state index is 13.5. The Morgan fingerprint density at radius 2 is 1.64 bits per heavy atom. The van der Waals surface area contributed by atoms with E-state index in [0.29, 0.717) is 5.56 Å². The molecule has 0 unspecified atom stereocenters. The molecule has 28 heavy (non-hydrogen) atoms. The number of aliphatic carboxylic acids is 2. The number of carbonyl (C=O) groups is 3. The van der Waals surface area contributed by atoms with Crippen LogP contribution in [0.5, 0.6) is 0 Å². The van der Waals surface area contributed by atoms with E-state index in [1.165, 1.54) is 12.1 Å². The third kappa shape index (κ3) is 7.00. The second kappa shape index (κ2) is 9.85. The molecule has 0 aliphatic carbocycles. The van der Waals surface area contributed by atoms with Crippen LogP contribution in [0.1, 0.15) is 24.8 Å². The maximum Gasteiger partial charge on any atom is 0.305 e. The highest BCUT2D eigenvalue weighted by Gasteiger charge is 2.17. The Kier molecular flexibility index (Phi) is 7.52. The molecular formula is C20H19ClFNO5. The van der Waals surface area contributed by atoms with Gasteiger partial charge in [0.2, 0.25) is 5.91 Å². The molecule has 0 bridgehead atoms. The van der Waals surface area contributed by atoms with Crippen LogP contribution in [0.25, 0.3) is 11.1 Å². The van der Waals surface area contributed by atoms with Crippen molar-refractivity contribution < 1.29 is 29.0 Å². The van der Waals surface area contributed by atoms with Gasteiger partial charge in [-0.2, -0.15) is 0 Å². The van der Waals surface area contributed by atoms with Gasteiger partial charge in [-0.25, -0.2) is 4.39 Å². The molecule has 1 atom stereocenters. The molecule has 2 aromatic rings. The third-order valence-electron chi connectivity index (χ3n) is 3.98. The largest absolute Gasteiger partial charge is 0.481 e. The predicted octanol–water partition coefficient (Wildman–Crippen LogP) is 3.51. The average Bonchev–Trinajstić information content (AvgIpc) is 2.59. The third-order valence-corrected chi connectivity index (χ3v) is 4.20. The van der Waals surface area contributed by atoms with Crippen LogP contribution in [-0.4, -0.2) is 34.1 Å². The van der Waals surface area contributed by atoms with Crippen molar-refractivity contribution in [2.75, 3.05) is 0 Å². The molecule has 0 radical (unpaired) electrons. The Hall–Kier alpha value is -2.93. The molecular weight excluding hydrogens is 389 g/mol. The van der Waals surface area contributed by atoms with Crippen LogP contribution in [0.2, 0.25) is 5.02 Å². The highest BCUT2D eigenvalue weighted by atomic mass is 35.5. The van der Waals surface area contributed by atoms with Crippen molar-refractivity contribution in [3.63, 3.8) is 0 Å². The summed E-state index contributed by atoms with van der Waals surface area (Å²) in [6, 6.07) is 10.6. The fourth-order valence-corrected chi connectivity index (χ4v) is 2.97. The van der Waals surface area contributed by atoms with Crippen LogP contribution < -0.4 is 5.32 Å². The lowest BCUT2D eigenvalue weighted by Gasteiger charge is -2.17. The molecule has 2 aromatic carbocycles. The van der Waals surface area contributed by atoms with E-state index in [-0.39, 0.29) is 30.7 Å². The first-order valence-electron chi connectivity index (χ1n) is 8.51. The number of benzene rings is 2. The minimum absolute atomic E-state index is 0.218. The topological polar surface area (TPSA) is 104 Å². The molecule has 0 saturated carbocycles. The summed E-state index contributed by atoms with van der Waals surface area (Å²) in [7, 11) is 0. The van der Waals surface area contributed by atoms with Gasteiger partial charge >= 0.3 is 11.9 Å². The number of carboxylic acid groups (broad SMARTS) is 2. The molecule has 0 fully saturated rings. The van der Waals surface area contributed by atoms with E-state index in [1.54, 1.807) is 30.3 Å². The quantitative estimate of drug-likeness (QED) is 0.590. The van der Waals surface area contributed by atoms with E-state index >= 15 is 0 Å². The van der Waals surface area contributed by atoms with Crippen LogP contribution in [0.15, 0.2) is 42.5 Å². The van der Waals surface area contributed by atoms with Crippen LogP contribution in [0, 0.1) is 5.82 Å². The number of carbonyl (C=O) groups excluding carboxylic acids is 1. The van der Waals surface area contributed by atoms with Crippen molar-refractivity contribution in [2.24, 2.45) is 0 Å². The molecule has 1 amide bonds. The summed E-state index contributed by atoms with van der Waals surface area (Å²) < 4.78 is 13.5. The zero-order chi connectivity index (χ0) is 20.7. The van der Waals surface area contributed by atoms with E-state index in [9.17, 15) is 18.8 Å². The number of hydrogen-bond acceptors (Lipinski definition) is 3. The van der Waals surface area contributed by atoms with Gasteiger partial charge in [0.15, 0.2) is 0 Å². The first kappa shape index (κ1) is 21.4. The Labute approximate surface area is 165 Å². The lowest BCUT2D eigenvalue weighted by Crippen LogP contribution is -2.38. The molecule has 8 heteroatoms. The summed E-state index contributed by atoms with van der Waals surface area (Å²) in [5, 5.41) is 20.5. The van der Waals surface area contributed by atoms with E-state index in [0.717, 1.165) is 11.1 Å². The number of rotatable bonds is 9. The van der Waals surface area contributed by atoms with Crippen molar-refractivity contribution in [3.05, 3.63) is 58.9 Å². The number of halogens is 2. The molecule has 0 saturated heterocycles. The van der Waals surface area contributed by atoms with Gasteiger partial charge in [0.05, 0.1) is 12.8 Å². The molecule has 0 aliphatic heterocycles. The first-order valence-corrected chi connectivity index (χ1v) is 8.89. The Morgan fingerprint density at radius 3 is 2.21 bits per heavy atom. The Bertz CT molecular complexity index is 849. The van der Waals surface area contributed by atoms with Crippen molar-refractivity contribution in [1.82, 2.24) is 5.32 Å². The zero-order valence-corrected chi connectivity index (χ0v) is 15.6. The fourth-order valence-electron chi connectivity index (χ4n) is 2.74. The van der Waals surface area contributed by atoms with Crippen molar-refractivity contribution in [2.45, 2.75) is 31.7 Å². The molecule has 2 rings (SSSR count). The van der Waals surface area contributed by atoms with Gasteiger partial charge < -0.3 is 15.5 Å². The molecule has 148 valence electrons. The molecule has 0 aromatic heterocycles. The summed E-state index contributed by atoms with van der Waals surface area (Å²) in [6.07, 6.45) is -0.573. The summed E-state index contributed by atoms with van der Waals surface area (Å²) in [6.45, 7) is 0. The number of amides is 1. The van der Waals surface area contributed by atoms with Crippen molar-refractivity contribution in [1.29, 1.82) is 0 Å². The van der Waals surface area contributed by atoms with Crippen LogP contribution in [0.3, 0.4) is 0 Å². The monoisotopic (exact) mass is 407 g/mol.